The third-order valence-electron chi connectivity index (χ3n) is 3.66. The van der Waals surface area contributed by atoms with Crippen LogP contribution in [-0.4, -0.2) is 4.98 Å². The van der Waals surface area contributed by atoms with Crippen LogP contribution in [0.1, 0.15) is 36.4 Å². The summed E-state index contributed by atoms with van der Waals surface area (Å²) >= 11 is 5.94. The fourth-order valence-corrected chi connectivity index (χ4v) is 2.90. The van der Waals surface area contributed by atoms with Crippen LogP contribution < -0.4 is 5.32 Å². The molecule has 1 aromatic heterocycles. The van der Waals surface area contributed by atoms with Crippen LogP contribution in [0.2, 0.25) is 5.15 Å². The van der Waals surface area contributed by atoms with Gasteiger partial charge in [-0.2, -0.15) is 0 Å². The number of pyridine rings is 1. The molecule has 1 heterocycles. The molecule has 0 amide bonds. The Morgan fingerprint density at radius 1 is 1.05 bits per heavy atom. The van der Waals surface area contributed by atoms with Crippen LogP contribution in [-0.2, 0) is 6.42 Å². The van der Waals surface area contributed by atoms with Crippen molar-refractivity contribution in [2.75, 3.05) is 5.32 Å². The van der Waals surface area contributed by atoms with Crippen LogP contribution in [0.4, 0.5) is 5.82 Å². The number of aryl methyl sites for hydroxylation is 1. The fraction of sp³-hybridized carbons (Fsp3) is 0.312. The number of aromatic nitrogens is 1. The minimum Gasteiger partial charge on any atom is -0.363 e. The normalized spacial score (nSPS) is 18.5. The highest BCUT2D eigenvalue weighted by molar-refractivity contribution is 6.29. The molecule has 0 fully saturated rings. The molecule has 1 unspecified atom stereocenters. The second kappa shape index (κ2) is 5.62. The molecule has 1 aromatic carbocycles. The second-order valence-electron chi connectivity index (χ2n) is 4.99. The summed E-state index contributed by atoms with van der Waals surface area (Å²) in [7, 11) is 0. The van der Waals surface area contributed by atoms with Gasteiger partial charge in [0.2, 0.25) is 0 Å². The average Bonchev–Trinajstić information content (AvgIpc) is 2.62. The van der Waals surface area contributed by atoms with Gasteiger partial charge in [-0.05, 0) is 42.5 Å². The van der Waals surface area contributed by atoms with Gasteiger partial charge < -0.3 is 5.32 Å². The van der Waals surface area contributed by atoms with Gasteiger partial charge in [0.1, 0.15) is 11.0 Å². The zero-order valence-corrected chi connectivity index (χ0v) is 11.5. The van der Waals surface area contributed by atoms with E-state index in [1.165, 1.54) is 30.4 Å². The minimum atomic E-state index is 0.338. The standard InChI is InChI=1S/C16H17ClN2/c17-15-10-5-11-16(19-15)18-14-9-4-2-7-12-6-1-3-8-13(12)14/h1,3,5-6,8,10-11,14H,2,4,7,9H2,(H,18,19). The van der Waals surface area contributed by atoms with Gasteiger partial charge in [-0.3, -0.25) is 0 Å². The Labute approximate surface area is 118 Å². The van der Waals surface area contributed by atoms with Gasteiger partial charge in [-0.15, -0.1) is 0 Å². The van der Waals surface area contributed by atoms with E-state index in [0.29, 0.717) is 11.2 Å². The number of halogens is 1. The maximum absolute atomic E-state index is 5.94. The van der Waals surface area contributed by atoms with Crippen LogP contribution in [0.15, 0.2) is 42.5 Å². The van der Waals surface area contributed by atoms with Gasteiger partial charge in [-0.1, -0.05) is 48.4 Å². The maximum atomic E-state index is 5.94. The third-order valence-corrected chi connectivity index (χ3v) is 3.87. The Kier molecular flexibility index (Phi) is 3.69. The lowest BCUT2D eigenvalue weighted by atomic mass is 9.99. The Morgan fingerprint density at radius 2 is 1.95 bits per heavy atom. The summed E-state index contributed by atoms with van der Waals surface area (Å²) in [5, 5.41) is 4.06. The molecular formula is C16H17ClN2. The molecule has 0 bridgehead atoms. The topological polar surface area (TPSA) is 24.9 Å². The largest absolute Gasteiger partial charge is 0.363 e. The van der Waals surface area contributed by atoms with E-state index >= 15 is 0 Å². The number of fused-ring (bicyclic) bond motifs is 1. The first-order chi connectivity index (χ1) is 9.33. The van der Waals surface area contributed by atoms with E-state index in [1.54, 1.807) is 6.07 Å². The van der Waals surface area contributed by atoms with E-state index in [4.69, 9.17) is 11.6 Å². The Bertz CT molecular complexity index is 568. The van der Waals surface area contributed by atoms with Crippen LogP contribution >= 0.6 is 11.6 Å². The summed E-state index contributed by atoms with van der Waals surface area (Å²) in [4.78, 5) is 4.33. The molecule has 0 saturated carbocycles. The minimum absolute atomic E-state index is 0.338. The van der Waals surface area contributed by atoms with Gasteiger partial charge in [0.05, 0.1) is 6.04 Å². The van der Waals surface area contributed by atoms with Crippen LogP contribution in [0, 0.1) is 0 Å². The van der Waals surface area contributed by atoms with E-state index in [2.05, 4.69) is 34.6 Å². The van der Waals surface area contributed by atoms with Crippen molar-refractivity contribution in [3.63, 3.8) is 0 Å². The van der Waals surface area contributed by atoms with Crippen LogP contribution in [0.3, 0.4) is 0 Å². The molecule has 1 atom stereocenters. The summed E-state index contributed by atoms with van der Waals surface area (Å²) < 4.78 is 0. The molecule has 3 heteroatoms. The lowest BCUT2D eigenvalue weighted by Crippen LogP contribution is -2.12. The molecule has 2 nitrogen and oxygen atoms in total. The van der Waals surface area contributed by atoms with Gasteiger partial charge in [0.15, 0.2) is 0 Å². The summed E-state index contributed by atoms with van der Waals surface area (Å²) in [6.07, 6.45) is 4.83. The number of nitrogens with one attached hydrogen (secondary N) is 1. The fourth-order valence-electron chi connectivity index (χ4n) is 2.74. The molecule has 1 aliphatic rings. The molecule has 3 rings (SSSR count). The predicted octanol–water partition coefficient (Wildman–Crippen LogP) is 4.61. The number of hydrogen-bond acceptors (Lipinski definition) is 2. The molecule has 0 aliphatic heterocycles. The van der Waals surface area contributed by atoms with Gasteiger partial charge in [0, 0.05) is 0 Å². The van der Waals surface area contributed by atoms with Crippen molar-refractivity contribution in [3.05, 3.63) is 58.7 Å². The summed E-state index contributed by atoms with van der Waals surface area (Å²) in [6, 6.07) is 14.7. The average molecular weight is 273 g/mol. The highest BCUT2D eigenvalue weighted by atomic mass is 35.5. The SMILES string of the molecule is Clc1cccc(NC2CCCCc3ccccc32)n1. The summed E-state index contributed by atoms with van der Waals surface area (Å²) in [5.41, 5.74) is 2.86. The smallest absolute Gasteiger partial charge is 0.131 e. The number of rotatable bonds is 2. The molecule has 1 aliphatic carbocycles. The third kappa shape index (κ3) is 2.90. The highest BCUT2D eigenvalue weighted by Crippen LogP contribution is 2.31. The van der Waals surface area contributed by atoms with Gasteiger partial charge in [0.25, 0.3) is 0 Å². The van der Waals surface area contributed by atoms with Gasteiger partial charge in [-0.25, -0.2) is 4.98 Å². The van der Waals surface area contributed by atoms with Crippen molar-refractivity contribution in [1.82, 2.24) is 4.98 Å². The van der Waals surface area contributed by atoms with Crippen LogP contribution in [0.25, 0.3) is 0 Å². The van der Waals surface area contributed by atoms with Crippen LogP contribution in [0.5, 0.6) is 0 Å². The monoisotopic (exact) mass is 272 g/mol. The first kappa shape index (κ1) is 12.5. The van der Waals surface area contributed by atoms with Crippen molar-refractivity contribution in [2.45, 2.75) is 31.7 Å². The Hall–Kier alpha value is -1.54. The molecule has 19 heavy (non-hydrogen) atoms. The van der Waals surface area contributed by atoms with Crippen molar-refractivity contribution >= 4 is 17.4 Å². The Balaban J connectivity index is 1.88. The van der Waals surface area contributed by atoms with E-state index in [0.717, 1.165) is 12.2 Å². The first-order valence-corrected chi connectivity index (χ1v) is 7.17. The lowest BCUT2D eigenvalue weighted by Gasteiger charge is -2.20. The maximum Gasteiger partial charge on any atom is 0.131 e. The molecule has 1 N–H and O–H groups in total. The van der Waals surface area contributed by atoms with Gasteiger partial charge >= 0.3 is 0 Å². The highest BCUT2D eigenvalue weighted by Gasteiger charge is 2.18. The number of benzene rings is 1. The molecule has 0 spiro atoms. The van der Waals surface area contributed by atoms with E-state index in [-0.39, 0.29) is 0 Å². The predicted molar refractivity (Wildman–Crippen MR) is 79.6 cm³/mol. The second-order valence-corrected chi connectivity index (χ2v) is 5.37. The first-order valence-electron chi connectivity index (χ1n) is 6.80. The van der Waals surface area contributed by atoms with Crippen molar-refractivity contribution in [1.29, 1.82) is 0 Å². The van der Waals surface area contributed by atoms with E-state index in [1.807, 2.05) is 12.1 Å². The van der Waals surface area contributed by atoms with Crippen molar-refractivity contribution in [2.24, 2.45) is 0 Å². The molecule has 0 saturated heterocycles. The summed E-state index contributed by atoms with van der Waals surface area (Å²) in [5.74, 6) is 0.856. The quantitative estimate of drug-likeness (QED) is 0.638. The number of nitrogens with zero attached hydrogens (tertiary/aromatic N) is 1. The van der Waals surface area contributed by atoms with E-state index < -0.39 is 0 Å². The number of hydrogen-bond donors (Lipinski definition) is 1. The number of anilines is 1. The van der Waals surface area contributed by atoms with Crippen molar-refractivity contribution < 1.29 is 0 Å². The van der Waals surface area contributed by atoms with E-state index in [9.17, 15) is 0 Å². The zero-order valence-electron chi connectivity index (χ0n) is 10.8. The Morgan fingerprint density at radius 3 is 2.84 bits per heavy atom. The van der Waals surface area contributed by atoms with Crippen molar-refractivity contribution in [3.8, 4) is 0 Å². The molecule has 0 radical (unpaired) electrons. The molecule has 2 aromatic rings. The lowest BCUT2D eigenvalue weighted by molar-refractivity contribution is 0.642. The molecule has 98 valence electrons. The zero-order chi connectivity index (χ0) is 13.1. The summed E-state index contributed by atoms with van der Waals surface area (Å²) in [6.45, 7) is 0. The molecular weight excluding hydrogens is 256 g/mol.